The number of carbonyl (C=O) groups excluding carboxylic acids is 1. The SMILES string of the molecule is CCC(CC)C(=O)N1CCN(Cc2nc(-c3ccc(Cl)cc3)no2)CC1. The number of amides is 1. The topological polar surface area (TPSA) is 62.5 Å². The fourth-order valence-electron chi connectivity index (χ4n) is 3.25. The number of aromatic nitrogens is 2. The van der Waals surface area contributed by atoms with Crippen LogP contribution in [0, 0.1) is 5.92 Å². The van der Waals surface area contributed by atoms with Crippen LogP contribution in [0.1, 0.15) is 32.6 Å². The van der Waals surface area contributed by atoms with Gasteiger partial charge in [0.05, 0.1) is 6.54 Å². The number of halogens is 1. The van der Waals surface area contributed by atoms with Crippen LogP contribution in [0.15, 0.2) is 28.8 Å². The first-order chi connectivity index (χ1) is 12.6. The van der Waals surface area contributed by atoms with Crippen LogP contribution in [0.3, 0.4) is 0 Å². The van der Waals surface area contributed by atoms with Gasteiger partial charge in [-0.25, -0.2) is 0 Å². The molecule has 1 aliphatic rings. The minimum absolute atomic E-state index is 0.152. The van der Waals surface area contributed by atoms with Crippen LogP contribution in [0.25, 0.3) is 11.4 Å². The van der Waals surface area contributed by atoms with E-state index in [1.807, 2.05) is 29.2 Å². The number of hydrogen-bond donors (Lipinski definition) is 0. The van der Waals surface area contributed by atoms with Gasteiger partial charge < -0.3 is 9.42 Å². The quantitative estimate of drug-likeness (QED) is 0.772. The van der Waals surface area contributed by atoms with Crippen LogP contribution in [0.2, 0.25) is 5.02 Å². The predicted octanol–water partition coefficient (Wildman–Crippen LogP) is 3.47. The summed E-state index contributed by atoms with van der Waals surface area (Å²) < 4.78 is 5.38. The molecule has 0 spiro atoms. The first-order valence-electron chi connectivity index (χ1n) is 9.20. The van der Waals surface area contributed by atoms with Gasteiger partial charge in [0.15, 0.2) is 0 Å². The molecule has 0 unspecified atom stereocenters. The monoisotopic (exact) mass is 376 g/mol. The summed E-state index contributed by atoms with van der Waals surface area (Å²) in [4.78, 5) is 21.2. The molecule has 140 valence electrons. The number of rotatable bonds is 6. The molecule has 6 nitrogen and oxygen atoms in total. The van der Waals surface area contributed by atoms with Crippen molar-refractivity contribution in [3.63, 3.8) is 0 Å². The summed E-state index contributed by atoms with van der Waals surface area (Å²) in [7, 11) is 0. The van der Waals surface area contributed by atoms with Gasteiger partial charge in [-0.1, -0.05) is 30.6 Å². The molecule has 1 saturated heterocycles. The molecule has 1 aliphatic heterocycles. The largest absolute Gasteiger partial charge is 0.340 e. The Bertz CT molecular complexity index is 719. The lowest BCUT2D eigenvalue weighted by Crippen LogP contribution is -2.49. The summed E-state index contributed by atoms with van der Waals surface area (Å²) in [5, 5.41) is 4.73. The number of benzene rings is 1. The van der Waals surface area contributed by atoms with E-state index in [9.17, 15) is 4.79 Å². The standard InChI is InChI=1S/C19H25ClN4O2/c1-3-14(4-2)19(25)24-11-9-23(10-12-24)13-17-21-18(22-26-17)15-5-7-16(20)8-6-15/h5-8,14H,3-4,9-13H2,1-2H3. The molecule has 1 aromatic heterocycles. The van der Waals surface area contributed by atoms with Crippen molar-refractivity contribution in [3.05, 3.63) is 35.2 Å². The first-order valence-corrected chi connectivity index (χ1v) is 9.58. The van der Waals surface area contributed by atoms with Crippen molar-refractivity contribution < 1.29 is 9.32 Å². The molecule has 0 bridgehead atoms. The summed E-state index contributed by atoms with van der Waals surface area (Å²) in [6.07, 6.45) is 1.82. The van der Waals surface area contributed by atoms with E-state index in [0.29, 0.717) is 23.3 Å². The first kappa shape index (κ1) is 18.9. The fraction of sp³-hybridized carbons (Fsp3) is 0.526. The van der Waals surface area contributed by atoms with E-state index >= 15 is 0 Å². The van der Waals surface area contributed by atoms with Crippen LogP contribution < -0.4 is 0 Å². The van der Waals surface area contributed by atoms with E-state index in [0.717, 1.165) is 44.6 Å². The number of piperazine rings is 1. The molecule has 1 fully saturated rings. The van der Waals surface area contributed by atoms with Crippen LogP contribution in [0.5, 0.6) is 0 Å². The third-order valence-electron chi connectivity index (χ3n) is 4.95. The molecule has 2 aromatic rings. The summed E-state index contributed by atoms with van der Waals surface area (Å²) in [6.45, 7) is 7.93. The molecule has 0 radical (unpaired) electrons. The van der Waals surface area contributed by atoms with Crippen molar-refractivity contribution in [1.82, 2.24) is 19.9 Å². The number of carbonyl (C=O) groups is 1. The van der Waals surface area contributed by atoms with Crippen molar-refractivity contribution in [2.45, 2.75) is 33.2 Å². The highest BCUT2D eigenvalue weighted by molar-refractivity contribution is 6.30. The average molecular weight is 377 g/mol. The normalized spacial score (nSPS) is 15.6. The maximum absolute atomic E-state index is 12.5. The zero-order valence-corrected chi connectivity index (χ0v) is 16.1. The van der Waals surface area contributed by atoms with Crippen molar-refractivity contribution in [3.8, 4) is 11.4 Å². The second kappa shape index (κ2) is 8.64. The van der Waals surface area contributed by atoms with Gasteiger partial charge >= 0.3 is 0 Å². The van der Waals surface area contributed by atoms with Gasteiger partial charge in [0.25, 0.3) is 0 Å². The maximum Gasteiger partial charge on any atom is 0.241 e. The average Bonchev–Trinajstić information content (AvgIpc) is 3.12. The van der Waals surface area contributed by atoms with Crippen LogP contribution in [-0.4, -0.2) is 52.0 Å². The summed E-state index contributed by atoms with van der Waals surface area (Å²) in [6, 6.07) is 7.37. The second-order valence-electron chi connectivity index (χ2n) is 6.63. The molecule has 0 atom stereocenters. The van der Waals surface area contributed by atoms with E-state index < -0.39 is 0 Å². The molecule has 0 saturated carbocycles. The van der Waals surface area contributed by atoms with Gasteiger partial charge in [-0.05, 0) is 37.1 Å². The zero-order valence-electron chi connectivity index (χ0n) is 15.3. The smallest absolute Gasteiger partial charge is 0.241 e. The summed E-state index contributed by atoms with van der Waals surface area (Å²) in [5.41, 5.74) is 0.880. The van der Waals surface area contributed by atoms with Crippen molar-refractivity contribution in [2.24, 2.45) is 5.92 Å². The second-order valence-corrected chi connectivity index (χ2v) is 7.07. The van der Waals surface area contributed by atoms with Gasteiger partial charge in [-0.2, -0.15) is 4.98 Å². The highest BCUT2D eigenvalue weighted by atomic mass is 35.5. The molecular formula is C19H25ClN4O2. The molecule has 0 aliphatic carbocycles. The van der Waals surface area contributed by atoms with E-state index in [-0.39, 0.29) is 11.8 Å². The van der Waals surface area contributed by atoms with Gasteiger partial charge in [0, 0.05) is 42.7 Å². The van der Waals surface area contributed by atoms with Gasteiger partial charge in [-0.3, -0.25) is 9.69 Å². The fourth-order valence-corrected chi connectivity index (χ4v) is 3.38. The van der Waals surface area contributed by atoms with E-state index in [1.54, 1.807) is 0 Å². The zero-order chi connectivity index (χ0) is 18.5. The van der Waals surface area contributed by atoms with E-state index in [4.69, 9.17) is 16.1 Å². The molecule has 7 heteroatoms. The summed E-state index contributed by atoms with van der Waals surface area (Å²) in [5.74, 6) is 1.60. The summed E-state index contributed by atoms with van der Waals surface area (Å²) >= 11 is 5.91. The number of hydrogen-bond acceptors (Lipinski definition) is 5. The highest BCUT2D eigenvalue weighted by Gasteiger charge is 2.26. The Morgan fingerprint density at radius 1 is 1.15 bits per heavy atom. The molecule has 3 rings (SSSR count). The minimum Gasteiger partial charge on any atom is -0.340 e. The molecule has 2 heterocycles. The molecule has 26 heavy (non-hydrogen) atoms. The Balaban J connectivity index is 1.54. The maximum atomic E-state index is 12.5. The Labute approximate surface area is 159 Å². The van der Waals surface area contributed by atoms with Crippen LogP contribution >= 0.6 is 11.6 Å². The van der Waals surface area contributed by atoms with E-state index in [2.05, 4.69) is 28.9 Å². The Morgan fingerprint density at radius 2 is 1.81 bits per heavy atom. The van der Waals surface area contributed by atoms with Crippen molar-refractivity contribution in [1.29, 1.82) is 0 Å². The Hall–Kier alpha value is -1.92. The Morgan fingerprint density at radius 3 is 2.42 bits per heavy atom. The third kappa shape index (κ3) is 4.43. The van der Waals surface area contributed by atoms with Crippen LogP contribution in [0.4, 0.5) is 0 Å². The molecular weight excluding hydrogens is 352 g/mol. The lowest BCUT2D eigenvalue weighted by atomic mass is 10.0. The molecule has 0 N–H and O–H groups in total. The van der Waals surface area contributed by atoms with Crippen LogP contribution in [-0.2, 0) is 11.3 Å². The number of nitrogens with zero attached hydrogens (tertiary/aromatic N) is 4. The van der Waals surface area contributed by atoms with E-state index in [1.165, 1.54) is 0 Å². The Kier molecular flexibility index (Phi) is 6.27. The van der Waals surface area contributed by atoms with Crippen molar-refractivity contribution in [2.75, 3.05) is 26.2 Å². The van der Waals surface area contributed by atoms with Gasteiger partial charge in [0.2, 0.25) is 17.6 Å². The minimum atomic E-state index is 0.152. The predicted molar refractivity (Wildman–Crippen MR) is 101 cm³/mol. The molecule has 1 aromatic carbocycles. The highest BCUT2D eigenvalue weighted by Crippen LogP contribution is 2.20. The van der Waals surface area contributed by atoms with Crippen molar-refractivity contribution >= 4 is 17.5 Å². The van der Waals surface area contributed by atoms with Gasteiger partial charge in [-0.15, -0.1) is 0 Å². The lowest BCUT2D eigenvalue weighted by Gasteiger charge is -2.35. The lowest BCUT2D eigenvalue weighted by molar-refractivity contribution is -0.137. The van der Waals surface area contributed by atoms with Gasteiger partial charge in [0.1, 0.15) is 0 Å². The molecule has 1 amide bonds. The third-order valence-corrected chi connectivity index (χ3v) is 5.20.